The number of ether oxygens (including phenoxy) is 3. The number of H-pyrrole nitrogens is 2. The van der Waals surface area contributed by atoms with Crippen LogP contribution < -0.4 is 24.7 Å². The van der Waals surface area contributed by atoms with E-state index >= 15 is 0 Å². The third-order valence-electron chi connectivity index (χ3n) is 3.65. The zero-order valence-corrected chi connectivity index (χ0v) is 13.7. The maximum absolute atomic E-state index is 12.0. The number of hydrogen-bond acceptors (Lipinski definition) is 7. The van der Waals surface area contributed by atoms with E-state index in [0.717, 1.165) is 0 Å². The number of benzene rings is 1. The number of nitrogens with one attached hydrogen (secondary N) is 2. The van der Waals surface area contributed by atoms with Gasteiger partial charge in [-0.3, -0.25) is 4.79 Å². The van der Waals surface area contributed by atoms with Gasteiger partial charge in [-0.25, -0.2) is 4.98 Å². The molecule has 2 aromatic heterocycles. The predicted molar refractivity (Wildman–Crippen MR) is 88.7 cm³/mol. The SMILES string of the molecule is COc1cc(N(C)c2nc(=O)c3[nH]cnc3[nH]2)cc(OC)c1OC. The minimum Gasteiger partial charge on any atom is -0.493 e. The number of fused-ring (bicyclic) bond motifs is 1. The van der Waals surface area contributed by atoms with Gasteiger partial charge in [0, 0.05) is 19.2 Å². The summed E-state index contributed by atoms with van der Waals surface area (Å²) in [7, 11) is 6.37. The van der Waals surface area contributed by atoms with Crippen LogP contribution in [-0.2, 0) is 0 Å². The van der Waals surface area contributed by atoms with Crippen molar-refractivity contribution < 1.29 is 14.2 Å². The molecule has 2 N–H and O–H groups in total. The number of hydrogen-bond donors (Lipinski definition) is 2. The molecule has 3 aromatic rings. The molecule has 1 aromatic carbocycles. The first-order chi connectivity index (χ1) is 11.6. The summed E-state index contributed by atoms with van der Waals surface area (Å²) in [5, 5.41) is 0. The van der Waals surface area contributed by atoms with E-state index in [-0.39, 0.29) is 0 Å². The van der Waals surface area contributed by atoms with Crippen LogP contribution in [0.4, 0.5) is 11.6 Å². The zero-order chi connectivity index (χ0) is 17.3. The molecule has 0 unspecified atom stereocenters. The molecule has 0 aliphatic carbocycles. The summed E-state index contributed by atoms with van der Waals surface area (Å²) in [6.07, 6.45) is 1.44. The summed E-state index contributed by atoms with van der Waals surface area (Å²) in [6, 6.07) is 3.52. The molecule has 0 bridgehead atoms. The molecular formula is C15H17N5O4. The number of imidazole rings is 1. The van der Waals surface area contributed by atoms with Gasteiger partial charge in [0.25, 0.3) is 0 Å². The first-order valence-corrected chi connectivity index (χ1v) is 7.06. The Hall–Kier alpha value is -3.23. The zero-order valence-electron chi connectivity index (χ0n) is 13.7. The first-order valence-electron chi connectivity index (χ1n) is 7.06. The predicted octanol–water partition coefficient (Wildman–Crippen LogP) is 1.44. The van der Waals surface area contributed by atoms with Crippen LogP contribution in [0, 0.1) is 0 Å². The van der Waals surface area contributed by atoms with Crippen LogP contribution in [0.15, 0.2) is 23.3 Å². The topological polar surface area (TPSA) is 105 Å². The van der Waals surface area contributed by atoms with Gasteiger partial charge in [0.1, 0.15) is 0 Å². The van der Waals surface area contributed by atoms with Crippen LogP contribution in [0.3, 0.4) is 0 Å². The van der Waals surface area contributed by atoms with E-state index in [4.69, 9.17) is 14.2 Å². The molecule has 0 amide bonds. The molecule has 126 valence electrons. The Morgan fingerprint density at radius 1 is 1.08 bits per heavy atom. The van der Waals surface area contributed by atoms with Crippen molar-refractivity contribution in [3.05, 3.63) is 28.8 Å². The maximum atomic E-state index is 12.0. The van der Waals surface area contributed by atoms with Gasteiger partial charge in [0.2, 0.25) is 11.7 Å². The molecule has 0 spiro atoms. The average molecular weight is 331 g/mol. The van der Waals surface area contributed by atoms with Crippen molar-refractivity contribution in [2.75, 3.05) is 33.3 Å². The number of rotatable bonds is 5. The fourth-order valence-electron chi connectivity index (χ4n) is 2.38. The minimum atomic E-state index is -0.393. The minimum absolute atomic E-state index is 0.331. The van der Waals surface area contributed by atoms with E-state index in [1.807, 2.05) is 0 Å². The van der Waals surface area contributed by atoms with Crippen molar-refractivity contribution in [2.24, 2.45) is 0 Å². The van der Waals surface area contributed by atoms with Gasteiger partial charge in [-0.05, 0) is 0 Å². The smallest absolute Gasteiger partial charge is 0.300 e. The lowest BCUT2D eigenvalue weighted by Crippen LogP contribution is -2.19. The van der Waals surface area contributed by atoms with Gasteiger partial charge in [-0.2, -0.15) is 4.98 Å². The van der Waals surface area contributed by atoms with Gasteiger partial charge in [-0.1, -0.05) is 0 Å². The summed E-state index contributed by atoms with van der Waals surface area (Å²) >= 11 is 0. The molecule has 9 heteroatoms. The fourth-order valence-corrected chi connectivity index (χ4v) is 2.38. The molecule has 0 aliphatic heterocycles. The molecule has 0 aliphatic rings. The van der Waals surface area contributed by atoms with Gasteiger partial charge in [0.15, 0.2) is 22.7 Å². The maximum Gasteiger partial charge on any atom is 0.300 e. The highest BCUT2D eigenvalue weighted by molar-refractivity contribution is 5.72. The number of nitrogens with zero attached hydrogens (tertiary/aromatic N) is 3. The van der Waals surface area contributed by atoms with E-state index in [1.165, 1.54) is 27.7 Å². The number of aromatic amines is 2. The normalized spacial score (nSPS) is 10.7. The second kappa shape index (κ2) is 6.11. The van der Waals surface area contributed by atoms with E-state index in [1.54, 1.807) is 24.1 Å². The van der Waals surface area contributed by atoms with Crippen molar-refractivity contribution in [1.82, 2.24) is 19.9 Å². The quantitative estimate of drug-likeness (QED) is 0.728. The standard InChI is InChI=1S/C15H17N5O4/c1-20(15-18-13-11(14(21)19-15)16-7-17-13)8-5-9(22-2)12(24-4)10(6-8)23-3/h5-7H,1-4H3,(H2,16,17,18,19,21). The van der Waals surface area contributed by atoms with E-state index in [2.05, 4.69) is 19.9 Å². The summed E-state index contributed by atoms with van der Waals surface area (Å²) in [5.41, 5.74) is 1.07. The molecule has 0 fully saturated rings. The van der Waals surface area contributed by atoms with Gasteiger partial charge >= 0.3 is 5.56 Å². The Morgan fingerprint density at radius 3 is 2.33 bits per heavy atom. The summed E-state index contributed by atoms with van der Waals surface area (Å²) in [4.78, 5) is 27.6. The monoisotopic (exact) mass is 331 g/mol. The number of aromatic nitrogens is 4. The molecule has 0 atom stereocenters. The number of methoxy groups -OCH3 is 3. The Bertz CT molecular complexity index is 908. The van der Waals surface area contributed by atoms with Crippen LogP contribution in [0.25, 0.3) is 11.2 Å². The third-order valence-corrected chi connectivity index (χ3v) is 3.65. The van der Waals surface area contributed by atoms with Crippen LogP contribution >= 0.6 is 0 Å². The lowest BCUT2D eigenvalue weighted by Gasteiger charge is -2.20. The summed E-state index contributed by atoms with van der Waals surface area (Å²) in [6.45, 7) is 0. The Kier molecular flexibility index (Phi) is 3.98. The molecule has 0 saturated heterocycles. The van der Waals surface area contributed by atoms with Gasteiger partial charge < -0.3 is 29.1 Å². The van der Waals surface area contributed by atoms with Crippen molar-refractivity contribution >= 4 is 22.8 Å². The lowest BCUT2D eigenvalue weighted by atomic mass is 10.2. The average Bonchev–Trinajstić information content (AvgIpc) is 3.08. The molecule has 0 saturated carbocycles. The van der Waals surface area contributed by atoms with Crippen LogP contribution in [0.2, 0.25) is 0 Å². The Balaban J connectivity index is 2.11. The van der Waals surface area contributed by atoms with Crippen molar-refractivity contribution in [1.29, 1.82) is 0 Å². The van der Waals surface area contributed by atoms with E-state index < -0.39 is 5.56 Å². The van der Waals surface area contributed by atoms with E-state index in [9.17, 15) is 4.79 Å². The van der Waals surface area contributed by atoms with Crippen LogP contribution in [0.5, 0.6) is 17.2 Å². The second-order valence-corrected chi connectivity index (χ2v) is 4.93. The van der Waals surface area contributed by atoms with Crippen LogP contribution in [0.1, 0.15) is 0 Å². The highest BCUT2D eigenvalue weighted by atomic mass is 16.5. The van der Waals surface area contributed by atoms with Crippen molar-refractivity contribution in [3.63, 3.8) is 0 Å². The molecule has 24 heavy (non-hydrogen) atoms. The van der Waals surface area contributed by atoms with Gasteiger partial charge in [-0.15, -0.1) is 0 Å². The van der Waals surface area contributed by atoms with Crippen molar-refractivity contribution in [2.45, 2.75) is 0 Å². The molecule has 9 nitrogen and oxygen atoms in total. The highest BCUT2D eigenvalue weighted by Crippen LogP contribution is 2.41. The molecule has 2 heterocycles. The van der Waals surface area contributed by atoms with E-state index in [0.29, 0.717) is 40.0 Å². The Morgan fingerprint density at radius 2 is 1.75 bits per heavy atom. The number of anilines is 2. The summed E-state index contributed by atoms with van der Waals surface area (Å²) < 4.78 is 16.0. The lowest BCUT2D eigenvalue weighted by molar-refractivity contribution is 0.324. The highest BCUT2D eigenvalue weighted by Gasteiger charge is 2.17. The third kappa shape index (κ3) is 2.49. The molecular weight excluding hydrogens is 314 g/mol. The summed E-state index contributed by atoms with van der Waals surface area (Å²) in [5.74, 6) is 1.83. The molecule has 0 radical (unpaired) electrons. The second-order valence-electron chi connectivity index (χ2n) is 4.93. The first kappa shape index (κ1) is 15.7. The fraction of sp³-hybridized carbons (Fsp3) is 0.267. The molecule has 3 rings (SSSR count). The van der Waals surface area contributed by atoms with Crippen molar-refractivity contribution in [3.8, 4) is 17.2 Å². The van der Waals surface area contributed by atoms with Gasteiger partial charge in [0.05, 0.1) is 33.3 Å². The largest absolute Gasteiger partial charge is 0.493 e. The Labute approximate surface area is 137 Å². The van der Waals surface area contributed by atoms with Crippen LogP contribution in [-0.4, -0.2) is 48.3 Å².